The van der Waals surface area contributed by atoms with E-state index in [9.17, 15) is 35.1 Å². The van der Waals surface area contributed by atoms with Crippen LogP contribution in [0.5, 0.6) is 0 Å². The molecule has 3 fully saturated rings. The Hall–Kier alpha value is -1.38. The highest BCUT2D eigenvalue weighted by atomic mass is 16.5. The van der Waals surface area contributed by atoms with Crippen molar-refractivity contribution in [2.45, 2.75) is 57.0 Å². The van der Waals surface area contributed by atoms with Crippen LogP contribution in [0.4, 0.5) is 0 Å². The van der Waals surface area contributed by atoms with Gasteiger partial charge in [-0.3, -0.25) is 9.59 Å². The zero-order chi connectivity index (χ0) is 20.7. The van der Waals surface area contributed by atoms with Crippen LogP contribution < -0.4 is 0 Å². The second-order valence-electron chi connectivity index (χ2n) is 9.55. The van der Waals surface area contributed by atoms with Crippen molar-refractivity contribution in [3.05, 3.63) is 23.8 Å². The van der Waals surface area contributed by atoms with E-state index in [4.69, 9.17) is 0 Å². The smallest absolute Gasteiger partial charge is 0.192 e. The number of hydrogen-bond donors (Lipinski definition) is 5. The van der Waals surface area contributed by atoms with Crippen LogP contribution in [0.15, 0.2) is 23.8 Å². The molecule has 154 valence electrons. The zero-order valence-corrected chi connectivity index (χ0v) is 16.1. The van der Waals surface area contributed by atoms with Gasteiger partial charge in [0.25, 0.3) is 0 Å². The molecule has 0 amide bonds. The summed E-state index contributed by atoms with van der Waals surface area (Å²) in [7, 11) is 0. The van der Waals surface area contributed by atoms with Crippen LogP contribution in [0.25, 0.3) is 0 Å². The summed E-state index contributed by atoms with van der Waals surface area (Å²) >= 11 is 0. The Labute approximate surface area is 163 Å². The van der Waals surface area contributed by atoms with E-state index in [0.29, 0.717) is 12.8 Å². The normalized spacial score (nSPS) is 49.1. The van der Waals surface area contributed by atoms with Gasteiger partial charge in [0.2, 0.25) is 0 Å². The van der Waals surface area contributed by atoms with Gasteiger partial charge in [-0.15, -0.1) is 0 Å². The van der Waals surface area contributed by atoms with Crippen molar-refractivity contribution >= 4 is 11.6 Å². The Balaban J connectivity index is 1.83. The van der Waals surface area contributed by atoms with E-state index in [0.717, 1.165) is 5.57 Å². The molecule has 0 aromatic rings. The monoisotopic (exact) mass is 392 g/mol. The van der Waals surface area contributed by atoms with E-state index < -0.39 is 46.6 Å². The van der Waals surface area contributed by atoms with Crippen molar-refractivity contribution in [1.29, 1.82) is 0 Å². The number of rotatable bonds is 2. The van der Waals surface area contributed by atoms with Gasteiger partial charge >= 0.3 is 0 Å². The number of Topliss-reactive ketones (excluding diaryl/α,β-unsaturated/α-hetero) is 1. The van der Waals surface area contributed by atoms with Gasteiger partial charge in [-0.25, -0.2) is 0 Å². The third kappa shape index (κ3) is 2.22. The number of fused-ring (bicyclic) bond motifs is 5. The molecule has 0 aromatic carbocycles. The maximum Gasteiger partial charge on any atom is 0.192 e. The average Bonchev–Trinajstić information content (AvgIpc) is 2.81. The van der Waals surface area contributed by atoms with Crippen molar-refractivity contribution in [1.82, 2.24) is 0 Å². The maximum absolute atomic E-state index is 12.4. The van der Waals surface area contributed by atoms with Gasteiger partial charge in [-0.1, -0.05) is 25.5 Å². The standard InChI is InChI=1S/C21H28O7/c1-18-6-5-12(23)7-11(18)3-4-13-14-8-15(24)21(28,16(25)9-22)19(14,2)10-20(26,27)17(13)18/h5-7,13-15,17,22,24,26-28H,3-4,8-10H2,1-2H3/t13-,14-,15?,17-,18-,19-,21+/m0/s1. The van der Waals surface area contributed by atoms with Crippen LogP contribution in [0.1, 0.15) is 39.5 Å². The maximum atomic E-state index is 12.4. The minimum Gasteiger partial charge on any atom is -0.390 e. The number of ketones is 2. The molecular formula is C21H28O7. The van der Waals surface area contributed by atoms with E-state index in [1.165, 1.54) is 6.08 Å². The lowest BCUT2D eigenvalue weighted by atomic mass is 9.45. The highest BCUT2D eigenvalue weighted by Crippen LogP contribution is 2.68. The fourth-order valence-electron chi connectivity index (χ4n) is 7.10. The molecule has 4 rings (SSSR count). The zero-order valence-electron chi connectivity index (χ0n) is 16.1. The van der Waals surface area contributed by atoms with Gasteiger partial charge in [0.1, 0.15) is 6.61 Å². The fraction of sp³-hybridized carbons (Fsp3) is 0.714. The van der Waals surface area contributed by atoms with Crippen molar-refractivity contribution in [2.75, 3.05) is 6.61 Å². The van der Waals surface area contributed by atoms with Gasteiger partial charge in [0, 0.05) is 23.2 Å². The Bertz CT molecular complexity index is 799. The number of aliphatic hydroxyl groups excluding tert-OH is 2. The SMILES string of the molecule is C[C@]12C=CC(=O)C=C1CC[C@@H]1[C@@H]2C(O)(O)C[C@@]2(C)[C@H]1CC(O)[C@@]2(O)C(=O)CO. The van der Waals surface area contributed by atoms with E-state index in [2.05, 4.69) is 0 Å². The van der Waals surface area contributed by atoms with Gasteiger partial charge in [0.15, 0.2) is 23.0 Å². The molecule has 5 N–H and O–H groups in total. The quantitative estimate of drug-likeness (QED) is 0.412. The number of carbonyl (C=O) groups excluding carboxylic acids is 2. The summed E-state index contributed by atoms with van der Waals surface area (Å²) < 4.78 is 0. The van der Waals surface area contributed by atoms with Crippen LogP contribution in [0, 0.1) is 28.6 Å². The van der Waals surface area contributed by atoms with Crippen molar-refractivity contribution < 1.29 is 35.1 Å². The average molecular weight is 392 g/mol. The Morgan fingerprint density at radius 2 is 1.93 bits per heavy atom. The van der Waals surface area contributed by atoms with Crippen molar-refractivity contribution in [3.63, 3.8) is 0 Å². The molecule has 7 heteroatoms. The molecule has 0 aromatic heterocycles. The summed E-state index contributed by atoms with van der Waals surface area (Å²) in [5.41, 5.74) is -3.39. The first-order chi connectivity index (χ1) is 12.9. The Kier molecular flexibility index (Phi) is 4.15. The topological polar surface area (TPSA) is 135 Å². The molecule has 4 aliphatic rings. The summed E-state index contributed by atoms with van der Waals surface area (Å²) in [6.45, 7) is 2.56. The van der Waals surface area contributed by atoms with Gasteiger partial charge in [0.05, 0.1) is 6.10 Å². The summed E-state index contributed by atoms with van der Waals surface area (Å²) in [6.07, 6.45) is 4.36. The predicted octanol–water partition coefficient (Wildman–Crippen LogP) is -0.152. The highest BCUT2D eigenvalue weighted by molar-refractivity contribution is 6.01. The van der Waals surface area contributed by atoms with E-state index in [1.54, 1.807) is 19.1 Å². The largest absolute Gasteiger partial charge is 0.390 e. The molecule has 0 aliphatic heterocycles. The molecule has 7 atom stereocenters. The summed E-state index contributed by atoms with van der Waals surface area (Å²) in [4.78, 5) is 24.3. The van der Waals surface area contributed by atoms with Gasteiger partial charge in [-0.2, -0.15) is 0 Å². The number of allylic oxidation sites excluding steroid dienone is 4. The lowest BCUT2D eigenvalue weighted by Crippen LogP contribution is -2.67. The first kappa shape index (κ1) is 19.9. The molecule has 7 nitrogen and oxygen atoms in total. The number of aliphatic hydroxyl groups is 5. The molecule has 28 heavy (non-hydrogen) atoms. The van der Waals surface area contributed by atoms with Crippen molar-refractivity contribution in [2.24, 2.45) is 28.6 Å². The molecule has 1 unspecified atom stereocenters. The predicted molar refractivity (Wildman–Crippen MR) is 97.6 cm³/mol. The second-order valence-corrected chi connectivity index (χ2v) is 9.55. The van der Waals surface area contributed by atoms with Crippen LogP contribution in [-0.4, -0.2) is 61.2 Å². The molecular weight excluding hydrogens is 364 g/mol. The summed E-state index contributed by atoms with van der Waals surface area (Å²) in [5.74, 6) is -4.48. The summed E-state index contributed by atoms with van der Waals surface area (Å²) in [5, 5.41) is 53.5. The van der Waals surface area contributed by atoms with Crippen LogP contribution in [0.3, 0.4) is 0 Å². The van der Waals surface area contributed by atoms with Crippen molar-refractivity contribution in [3.8, 4) is 0 Å². The minimum absolute atomic E-state index is 0.118. The fourth-order valence-corrected chi connectivity index (χ4v) is 7.10. The molecule has 3 saturated carbocycles. The third-order valence-corrected chi connectivity index (χ3v) is 8.28. The van der Waals surface area contributed by atoms with E-state index >= 15 is 0 Å². The lowest BCUT2D eigenvalue weighted by Gasteiger charge is -2.61. The molecule has 0 bridgehead atoms. The minimum atomic E-state index is -2.23. The lowest BCUT2D eigenvalue weighted by molar-refractivity contribution is -0.300. The van der Waals surface area contributed by atoms with Crippen LogP contribution >= 0.6 is 0 Å². The number of hydrogen-bond acceptors (Lipinski definition) is 7. The molecule has 0 saturated heterocycles. The molecule has 4 aliphatic carbocycles. The van der Waals surface area contributed by atoms with Gasteiger partial charge < -0.3 is 25.5 Å². The Morgan fingerprint density at radius 3 is 2.57 bits per heavy atom. The summed E-state index contributed by atoms with van der Waals surface area (Å²) in [6, 6.07) is 0. The molecule has 0 spiro atoms. The van der Waals surface area contributed by atoms with E-state index in [-0.39, 0.29) is 30.5 Å². The first-order valence-corrected chi connectivity index (χ1v) is 9.85. The Morgan fingerprint density at radius 1 is 1.25 bits per heavy atom. The van der Waals surface area contributed by atoms with Crippen LogP contribution in [-0.2, 0) is 9.59 Å². The molecule has 0 heterocycles. The number of carbonyl (C=O) groups is 2. The first-order valence-electron chi connectivity index (χ1n) is 9.85. The molecule has 0 radical (unpaired) electrons. The van der Waals surface area contributed by atoms with Crippen LogP contribution in [0.2, 0.25) is 0 Å². The van der Waals surface area contributed by atoms with E-state index in [1.807, 2.05) is 6.92 Å². The second kappa shape index (κ2) is 5.83. The van der Waals surface area contributed by atoms with Gasteiger partial charge in [-0.05, 0) is 43.3 Å². The third-order valence-electron chi connectivity index (χ3n) is 8.28. The highest BCUT2D eigenvalue weighted by Gasteiger charge is 2.74.